The molecule has 2 saturated heterocycles. The molecule has 1 N–H and O–H groups in total. The topological polar surface area (TPSA) is 41.0 Å². The number of aromatic nitrogens is 2. The van der Waals surface area contributed by atoms with Gasteiger partial charge in [0.25, 0.3) is 0 Å². The van der Waals surface area contributed by atoms with E-state index in [0.29, 0.717) is 11.1 Å². The Bertz CT molecular complexity index is 397. The highest BCUT2D eigenvalue weighted by molar-refractivity contribution is 6.32. The van der Waals surface area contributed by atoms with Crippen LogP contribution < -0.4 is 10.2 Å². The highest BCUT2D eigenvalue weighted by Gasteiger charge is 2.42. The molecule has 0 spiro atoms. The Morgan fingerprint density at radius 3 is 3.12 bits per heavy atom. The summed E-state index contributed by atoms with van der Waals surface area (Å²) < 4.78 is 0. The molecule has 1 aromatic heterocycles. The predicted molar refractivity (Wildman–Crippen MR) is 63.7 cm³/mol. The molecule has 0 saturated carbocycles. The first kappa shape index (κ1) is 10.3. The Morgan fingerprint density at radius 2 is 2.38 bits per heavy atom. The Balaban J connectivity index is 1.89. The van der Waals surface area contributed by atoms with Gasteiger partial charge in [-0.3, -0.25) is 0 Å². The van der Waals surface area contributed by atoms with Gasteiger partial charge in [-0.2, -0.15) is 0 Å². The van der Waals surface area contributed by atoms with Crippen LogP contribution in [-0.4, -0.2) is 35.6 Å². The third kappa shape index (κ3) is 1.48. The molecule has 3 heterocycles. The molecular weight excluding hydrogens is 224 g/mol. The van der Waals surface area contributed by atoms with Crippen molar-refractivity contribution in [2.45, 2.75) is 13.0 Å². The van der Waals surface area contributed by atoms with Crippen molar-refractivity contribution >= 4 is 17.4 Å². The zero-order valence-corrected chi connectivity index (χ0v) is 9.98. The molecule has 0 aromatic carbocycles. The largest absolute Gasteiger partial charge is 0.352 e. The fourth-order valence-electron chi connectivity index (χ4n) is 2.96. The second kappa shape index (κ2) is 3.86. The van der Waals surface area contributed by atoms with Gasteiger partial charge in [0.1, 0.15) is 11.3 Å². The van der Waals surface area contributed by atoms with Gasteiger partial charge < -0.3 is 10.2 Å². The van der Waals surface area contributed by atoms with E-state index in [0.717, 1.165) is 37.3 Å². The minimum atomic E-state index is 0.507. The van der Waals surface area contributed by atoms with Gasteiger partial charge >= 0.3 is 0 Å². The summed E-state index contributed by atoms with van der Waals surface area (Å²) in [6, 6.07) is 0.507. The minimum absolute atomic E-state index is 0.507. The van der Waals surface area contributed by atoms with Crippen molar-refractivity contribution in [2.75, 3.05) is 24.5 Å². The van der Waals surface area contributed by atoms with Gasteiger partial charge in [-0.15, -0.1) is 0 Å². The second-order valence-electron chi connectivity index (χ2n) is 4.67. The van der Waals surface area contributed by atoms with Gasteiger partial charge in [-0.05, 0) is 18.8 Å². The number of nitrogens with one attached hydrogen (secondary N) is 1. The van der Waals surface area contributed by atoms with Crippen molar-refractivity contribution in [1.82, 2.24) is 15.3 Å². The summed E-state index contributed by atoms with van der Waals surface area (Å²) in [6.07, 6.45) is 3.24. The molecule has 86 valence electrons. The monoisotopic (exact) mass is 238 g/mol. The lowest BCUT2D eigenvalue weighted by Crippen LogP contribution is -2.33. The van der Waals surface area contributed by atoms with Gasteiger partial charge in [0, 0.05) is 25.7 Å². The summed E-state index contributed by atoms with van der Waals surface area (Å²) in [5.74, 6) is 2.35. The van der Waals surface area contributed by atoms with Crippen LogP contribution in [0.25, 0.3) is 0 Å². The van der Waals surface area contributed by atoms with E-state index in [1.54, 1.807) is 12.5 Å². The Hall–Kier alpha value is -0.870. The van der Waals surface area contributed by atoms with Gasteiger partial charge in [-0.1, -0.05) is 11.6 Å². The van der Waals surface area contributed by atoms with Gasteiger partial charge in [0.15, 0.2) is 5.82 Å². The third-order valence-electron chi connectivity index (χ3n) is 3.85. The number of hydrogen-bond acceptors (Lipinski definition) is 4. The van der Waals surface area contributed by atoms with E-state index in [4.69, 9.17) is 11.6 Å². The van der Waals surface area contributed by atoms with Crippen molar-refractivity contribution < 1.29 is 0 Å². The van der Waals surface area contributed by atoms with E-state index in [2.05, 4.69) is 27.1 Å². The minimum Gasteiger partial charge on any atom is -0.352 e. The average molecular weight is 239 g/mol. The summed E-state index contributed by atoms with van der Waals surface area (Å²) >= 11 is 6.14. The van der Waals surface area contributed by atoms with Crippen LogP contribution in [0.1, 0.15) is 6.92 Å². The number of anilines is 1. The lowest BCUT2D eigenvalue weighted by molar-refractivity contribution is 0.471. The summed E-state index contributed by atoms with van der Waals surface area (Å²) in [5, 5.41) is 4.10. The Labute approximate surface area is 100 Å². The smallest absolute Gasteiger partial charge is 0.151 e. The van der Waals surface area contributed by atoms with Crippen LogP contribution in [-0.2, 0) is 0 Å². The lowest BCUT2D eigenvalue weighted by atomic mass is 9.95. The zero-order chi connectivity index (χ0) is 11.1. The molecule has 0 aliphatic carbocycles. The molecule has 16 heavy (non-hydrogen) atoms. The van der Waals surface area contributed by atoms with Crippen LogP contribution in [0.15, 0.2) is 12.5 Å². The highest BCUT2D eigenvalue weighted by Crippen LogP contribution is 2.36. The summed E-state index contributed by atoms with van der Waals surface area (Å²) in [5.41, 5.74) is 0. The van der Waals surface area contributed by atoms with Crippen molar-refractivity contribution in [3.05, 3.63) is 17.5 Å². The molecule has 3 unspecified atom stereocenters. The first-order chi connectivity index (χ1) is 7.77. The maximum atomic E-state index is 6.14. The van der Waals surface area contributed by atoms with E-state index < -0.39 is 0 Å². The standard InChI is InChI=1S/C11H15ClN4/c1-7-9-3-13-2-8(9)5-16(7)11-10(12)4-14-6-15-11/h4,6-9,13H,2-3,5H2,1H3. The van der Waals surface area contributed by atoms with E-state index >= 15 is 0 Å². The average Bonchev–Trinajstić information content (AvgIpc) is 2.83. The van der Waals surface area contributed by atoms with Crippen LogP contribution in [0, 0.1) is 11.8 Å². The molecule has 0 radical (unpaired) electrons. The van der Waals surface area contributed by atoms with Crippen LogP contribution in [0.5, 0.6) is 0 Å². The number of fused-ring (bicyclic) bond motifs is 1. The normalized spacial score (nSPS) is 33.1. The third-order valence-corrected chi connectivity index (χ3v) is 4.12. The van der Waals surface area contributed by atoms with Gasteiger partial charge in [-0.25, -0.2) is 9.97 Å². The molecule has 3 rings (SSSR count). The molecule has 1 aromatic rings. The molecule has 3 atom stereocenters. The number of nitrogens with zero attached hydrogens (tertiary/aromatic N) is 3. The maximum Gasteiger partial charge on any atom is 0.151 e. The molecular formula is C11H15ClN4. The fourth-order valence-corrected chi connectivity index (χ4v) is 3.18. The Morgan fingerprint density at radius 1 is 1.50 bits per heavy atom. The molecule has 4 nitrogen and oxygen atoms in total. The highest BCUT2D eigenvalue weighted by atomic mass is 35.5. The van der Waals surface area contributed by atoms with Gasteiger partial charge in [0.05, 0.1) is 6.20 Å². The Kier molecular flexibility index (Phi) is 2.48. The van der Waals surface area contributed by atoms with Crippen LogP contribution in [0.3, 0.4) is 0 Å². The molecule has 2 aliphatic rings. The van der Waals surface area contributed by atoms with Crippen LogP contribution >= 0.6 is 11.6 Å². The van der Waals surface area contributed by atoms with E-state index in [1.807, 2.05) is 0 Å². The zero-order valence-electron chi connectivity index (χ0n) is 9.23. The number of halogens is 1. The molecule has 2 aliphatic heterocycles. The van der Waals surface area contributed by atoms with Crippen molar-refractivity contribution in [1.29, 1.82) is 0 Å². The first-order valence-corrected chi connectivity index (χ1v) is 6.08. The van der Waals surface area contributed by atoms with E-state index in [1.165, 1.54) is 0 Å². The number of rotatable bonds is 1. The molecule has 0 amide bonds. The molecule has 0 bridgehead atoms. The van der Waals surface area contributed by atoms with Gasteiger partial charge in [0.2, 0.25) is 0 Å². The van der Waals surface area contributed by atoms with E-state index in [9.17, 15) is 0 Å². The first-order valence-electron chi connectivity index (χ1n) is 5.70. The second-order valence-corrected chi connectivity index (χ2v) is 5.08. The lowest BCUT2D eigenvalue weighted by Gasteiger charge is -2.25. The molecule has 5 heteroatoms. The quantitative estimate of drug-likeness (QED) is 0.798. The van der Waals surface area contributed by atoms with Crippen molar-refractivity contribution in [3.63, 3.8) is 0 Å². The van der Waals surface area contributed by atoms with E-state index in [-0.39, 0.29) is 0 Å². The summed E-state index contributed by atoms with van der Waals surface area (Å²) in [4.78, 5) is 10.6. The predicted octanol–water partition coefficient (Wildman–Crippen LogP) is 1.17. The van der Waals surface area contributed by atoms with Crippen LogP contribution in [0.2, 0.25) is 5.02 Å². The summed E-state index contributed by atoms with van der Waals surface area (Å²) in [7, 11) is 0. The SMILES string of the molecule is CC1C2CNCC2CN1c1ncncc1Cl. The number of hydrogen-bond donors (Lipinski definition) is 1. The van der Waals surface area contributed by atoms with Crippen molar-refractivity contribution in [3.8, 4) is 0 Å². The summed E-state index contributed by atoms with van der Waals surface area (Å²) in [6.45, 7) is 5.55. The van der Waals surface area contributed by atoms with Crippen LogP contribution in [0.4, 0.5) is 5.82 Å². The van der Waals surface area contributed by atoms with Crippen molar-refractivity contribution in [2.24, 2.45) is 11.8 Å². The maximum absolute atomic E-state index is 6.14. The fraction of sp³-hybridized carbons (Fsp3) is 0.636. The molecule has 2 fully saturated rings.